The predicted molar refractivity (Wildman–Crippen MR) is 69.8 cm³/mol. The van der Waals surface area contributed by atoms with E-state index in [-0.39, 0.29) is 0 Å². The van der Waals surface area contributed by atoms with Crippen molar-refractivity contribution in [1.29, 1.82) is 0 Å². The summed E-state index contributed by atoms with van der Waals surface area (Å²) in [7, 11) is 0. The standard InChI is InChI=1S/C11H16IN3/c1-8-3-2-4-9(5-8)15-11-10(12)6-13-7-14-11/h6-9H,2-5H2,1H3,(H,13,14,15). The number of nitrogens with one attached hydrogen (secondary N) is 1. The fourth-order valence-electron chi connectivity index (χ4n) is 2.18. The van der Waals surface area contributed by atoms with Crippen LogP contribution in [0.15, 0.2) is 12.5 Å². The lowest BCUT2D eigenvalue weighted by Gasteiger charge is -2.28. The Morgan fingerprint density at radius 3 is 3.07 bits per heavy atom. The zero-order chi connectivity index (χ0) is 10.7. The molecule has 1 aliphatic rings. The quantitative estimate of drug-likeness (QED) is 0.852. The van der Waals surface area contributed by atoms with E-state index < -0.39 is 0 Å². The summed E-state index contributed by atoms with van der Waals surface area (Å²) in [6.07, 6.45) is 8.70. The third-order valence-electron chi connectivity index (χ3n) is 2.94. The van der Waals surface area contributed by atoms with Crippen molar-refractivity contribution in [3.8, 4) is 0 Å². The van der Waals surface area contributed by atoms with E-state index in [0.717, 1.165) is 15.3 Å². The lowest BCUT2D eigenvalue weighted by molar-refractivity contribution is 0.358. The summed E-state index contributed by atoms with van der Waals surface area (Å²) < 4.78 is 1.10. The normalized spacial score (nSPS) is 26.3. The molecule has 0 aromatic carbocycles. The summed E-state index contributed by atoms with van der Waals surface area (Å²) >= 11 is 2.27. The zero-order valence-electron chi connectivity index (χ0n) is 8.91. The van der Waals surface area contributed by atoms with Crippen molar-refractivity contribution in [2.75, 3.05) is 5.32 Å². The highest BCUT2D eigenvalue weighted by Crippen LogP contribution is 2.26. The van der Waals surface area contributed by atoms with E-state index in [1.54, 1.807) is 6.33 Å². The molecule has 1 fully saturated rings. The molecule has 0 aliphatic heterocycles. The largest absolute Gasteiger partial charge is 0.366 e. The minimum atomic E-state index is 0.595. The van der Waals surface area contributed by atoms with Gasteiger partial charge in [-0.2, -0.15) is 0 Å². The van der Waals surface area contributed by atoms with Crippen LogP contribution in [0, 0.1) is 9.49 Å². The maximum absolute atomic E-state index is 4.27. The van der Waals surface area contributed by atoms with E-state index in [1.165, 1.54) is 25.7 Å². The monoisotopic (exact) mass is 317 g/mol. The highest BCUT2D eigenvalue weighted by atomic mass is 127. The van der Waals surface area contributed by atoms with Crippen LogP contribution in [0.1, 0.15) is 32.6 Å². The zero-order valence-corrected chi connectivity index (χ0v) is 11.1. The lowest BCUT2D eigenvalue weighted by atomic mass is 9.87. The van der Waals surface area contributed by atoms with Crippen LogP contribution in [0.3, 0.4) is 0 Å². The van der Waals surface area contributed by atoms with Crippen molar-refractivity contribution in [3.63, 3.8) is 0 Å². The van der Waals surface area contributed by atoms with E-state index in [9.17, 15) is 0 Å². The second-order valence-corrected chi connectivity index (χ2v) is 5.49. The minimum absolute atomic E-state index is 0.595. The van der Waals surface area contributed by atoms with Crippen LogP contribution < -0.4 is 5.32 Å². The van der Waals surface area contributed by atoms with Crippen LogP contribution >= 0.6 is 22.6 Å². The highest BCUT2D eigenvalue weighted by Gasteiger charge is 2.19. The van der Waals surface area contributed by atoms with Gasteiger partial charge in [0, 0.05) is 12.2 Å². The molecule has 1 aromatic heterocycles. The molecule has 1 aliphatic carbocycles. The predicted octanol–water partition coefficient (Wildman–Crippen LogP) is 3.07. The summed E-state index contributed by atoms with van der Waals surface area (Å²) in [5, 5.41) is 3.52. The van der Waals surface area contributed by atoms with Gasteiger partial charge in [-0.25, -0.2) is 9.97 Å². The molecule has 4 heteroatoms. The third kappa shape index (κ3) is 3.03. The van der Waals surface area contributed by atoms with Gasteiger partial charge in [0.25, 0.3) is 0 Å². The summed E-state index contributed by atoms with van der Waals surface area (Å²) in [5.74, 6) is 1.83. The fourth-order valence-corrected chi connectivity index (χ4v) is 2.63. The van der Waals surface area contributed by atoms with Gasteiger partial charge in [0.15, 0.2) is 0 Å². The molecular weight excluding hydrogens is 301 g/mol. The first-order chi connectivity index (χ1) is 7.25. The van der Waals surface area contributed by atoms with Crippen LogP contribution in [0.4, 0.5) is 5.82 Å². The molecule has 2 unspecified atom stereocenters. The van der Waals surface area contributed by atoms with Crippen molar-refractivity contribution in [2.24, 2.45) is 5.92 Å². The maximum Gasteiger partial charge on any atom is 0.143 e. The fraction of sp³-hybridized carbons (Fsp3) is 0.636. The van der Waals surface area contributed by atoms with Crippen LogP contribution in [-0.4, -0.2) is 16.0 Å². The Hall–Kier alpha value is -0.390. The van der Waals surface area contributed by atoms with Crippen LogP contribution in [-0.2, 0) is 0 Å². The van der Waals surface area contributed by atoms with E-state index in [1.807, 2.05) is 6.20 Å². The minimum Gasteiger partial charge on any atom is -0.366 e. The molecule has 1 aromatic rings. The molecule has 1 heterocycles. The summed E-state index contributed by atoms with van der Waals surface area (Å²) in [4.78, 5) is 8.26. The Labute approximate surface area is 104 Å². The van der Waals surface area contributed by atoms with Crippen molar-refractivity contribution < 1.29 is 0 Å². The first kappa shape index (κ1) is 11.1. The maximum atomic E-state index is 4.27. The van der Waals surface area contributed by atoms with Crippen molar-refractivity contribution in [1.82, 2.24) is 9.97 Å². The molecule has 0 amide bonds. The highest BCUT2D eigenvalue weighted by molar-refractivity contribution is 14.1. The molecule has 2 atom stereocenters. The number of anilines is 1. The van der Waals surface area contributed by atoms with E-state index >= 15 is 0 Å². The van der Waals surface area contributed by atoms with Gasteiger partial charge in [-0.1, -0.05) is 19.8 Å². The molecule has 0 bridgehead atoms. The molecule has 3 nitrogen and oxygen atoms in total. The number of hydrogen-bond acceptors (Lipinski definition) is 3. The van der Waals surface area contributed by atoms with E-state index in [0.29, 0.717) is 6.04 Å². The van der Waals surface area contributed by atoms with E-state index in [2.05, 4.69) is 44.8 Å². The number of nitrogens with zero attached hydrogens (tertiary/aromatic N) is 2. The molecule has 0 saturated heterocycles. The number of halogens is 1. The average molecular weight is 317 g/mol. The number of rotatable bonds is 2. The van der Waals surface area contributed by atoms with Crippen molar-refractivity contribution >= 4 is 28.4 Å². The van der Waals surface area contributed by atoms with Gasteiger partial charge in [-0.15, -0.1) is 0 Å². The van der Waals surface area contributed by atoms with E-state index in [4.69, 9.17) is 0 Å². The Kier molecular flexibility index (Phi) is 3.77. The first-order valence-electron chi connectivity index (χ1n) is 5.47. The van der Waals surface area contributed by atoms with Crippen molar-refractivity contribution in [3.05, 3.63) is 16.1 Å². The second-order valence-electron chi connectivity index (χ2n) is 4.33. The molecule has 0 spiro atoms. The first-order valence-corrected chi connectivity index (χ1v) is 6.55. The second kappa shape index (κ2) is 5.09. The van der Waals surface area contributed by atoms with Crippen LogP contribution in [0.25, 0.3) is 0 Å². The number of aromatic nitrogens is 2. The van der Waals surface area contributed by atoms with Gasteiger partial charge in [0.2, 0.25) is 0 Å². The van der Waals surface area contributed by atoms with Crippen LogP contribution in [0.2, 0.25) is 0 Å². The van der Waals surface area contributed by atoms with Crippen LogP contribution in [0.5, 0.6) is 0 Å². The average Bonchev–Trinajstić information content (AvgIpc) is 2.22. The molecule has 1 N–H and O–H groups in total. The van der Waals surface area contributed by atoms with Gasteiger partial charge >= 0.3 is 0 Å². The number of hydrogen-bond donors (Lipinski definition) is 1. The molecular formula is C11H16IN3. The summed E-state index contributed by atoms with van der Waals surface area (Å²) in [5.41, 5.74) is 0. The smallest absolute Gasteiger partial charge is 0.143 e. The molecule has 0 radical (unpaired) electrons. The van der Waals surface area contributed by atoms with Crippen molar-refractivity contribution in [2.45, 2.75) is 38.6 Å². The Morgan fingerprint density at radius 2 is 2.33 bits per heavy atom. The third-order valence-corrected chi connectivity index (χ3v) is 3.73. The SMILES string of the molecule is CC1CCCC(Nc2ncncc2I)C1. The van der Waals surface area contributed by atoms with Gasteiger partial charge in [0.1, 0.15) is 12.1 Å². The summed E-state index contributed by atoms with van der Waals surface area (Å²) in [6, 6.07) is 0.595. The Balaban J connectivity index is 1.99. The van der Waals surface area contributed by atoms with Gasteiger partial charge in [-0.05, 0) is 41.4 Å². The Morgan fingerprint density at radius 1 is 1.47 bits per heavy atom. The molecule has 2 rings (SSSR count). The topological polar surface area (TPSA) is 37.8 Å². The molecule has 82 valence electrons. The van der Waals surface area contributed by atoms with Gasteiger partial charge in [-0.3, -0.25) is 0 Å². The Bertz CT molecular complexity index is 329. The molecule has 15 heavy (non-hydrogen) atoms. The lowest BCUT2D eigenvalue weighted by Crippen LogP contribution is -2.27. The summed E-state index contributed by atoms with van der Waals surface area (Å²) in [6.45, 7) is 2.33. The van der Waals surface area contributed by atoms with Gasteiger partial charge < -0.3 is 5.32 Å². The molecule has 1 saturated carbocycles. The van der Waals surface area contributed by atoms with Gasteiger partial charge in [0.05, 0.1) is 3.57 Å².